The normalized spacial score (nSPS) is 12.0. The third-order valence-electron chi connectivity index (χ3n) is 3.32. The van der Waals surface area contributed by atoms with Crippen molar-refractivity contribution in [2.75, 3.05) is 20.0 Å². The van der Waals surface area contributed by atoms with Gasteiger partial charge in [-0.3, -0.25) is 0 Å². The van der Waals surface area contributed by atoms with Gasteiger partial charge in [0, 0.05) is 4.90 Å². The molecular formula is C17H21NO2S. The zero-order valence-corrected chi connectivity index (χ0v) is 13.4. The monoisotopic (exact) mass is 303 g/mol. The predicted octanol–water partition coefficient (Wildman–Crippen LogP) is 3.86. The van der Waals surface area contributed by atoms with Gasteiger partial charge in [-0.05, 0) is 41.1 Å². The van der Waals surface area contributed by atoms with Crippen LogP contribution in [0.3, 0.4) is 0 Å². The van der Waals surface area contributed by atoms with Crippen LogP contribution in [0.25, 0.3) is 0 Å². The van der Waals surface area contributed by atoms with E-state index in [0.717, 1.165) is 16.9 Å². The van der Waals surface area contributed by atoms with E-state index in [0.29, 0.717) is 11.5 Å². The van der Waals surface area contributed by atoms with Crippen molar-refractivity contribution in [1.82, 2.24) is 0 Å². The molecule has 0 radical (unpaired) electrons. The van der Waals surface area contributed by atoms with Gasteiger partial charge >= 0.3 is 0 Å². The van der Waals surface area contributed by atoms with Gasteiger partial charge in [-0.25, -0.2) is 0 Å². The van der Waals surface area contributed by atoms with Gasteiger partial charge in [0.25, 0.3) is 0 Å². The third-order valence-corrected chi connectivity index (χ3v) is 4.21. The Hall–Kier alpha value is -1.65. The van der Waals surface area contributed by atoms with E-state index in [1.54, 1.807) is 14.2 Å². The minimum atomic E-state index is -0.175. The second kappa shape index (κ2) is 7.38. The first-order valence-electron chi connectivity index (χ1n) is 6.89. The minimum Gasteiger partial charge on any atom is -0.493 e. The Kier molecular flexibility index (Phi) is 5.53. The van der Waals surface area contributed by atoms with E-state index in [2.05, 4.69) is 31.2 Å². The van der Waals surface area contributed by atoms with Crippen molar-refractivity contribution in [3.05, 3.63) is 53.6 Å². The van der Waals surface area contributed by atoms with Gasteiger partial charge in [0.2, 0.25) is 0 Å². The molecule has 3 nitrogen and oxygen atoms in total. The van der Waals surface area contributed by atoms with E-state index in [4.69, 9.17) is 15.2 Å². The number of rotatable bonds is 6. The summed E-state index contributed by atoms with van der Waals surface area (Å²) in [6.07, 6.45) is 0. The molecule has 0 spiro atoms. The highest BCUT2D eigenvalue weighted by atomic mass is 32.2. The number of benzene rings is 2. The van der Waals surface area contributed by atoms with Crippen LogP contribution in [0.5, 0.6) is 11.5 Å². The summed E-state index contributed by atoms with van der Waals surface area (Å²) in [6.45, 7) is 2.15. The summed E-state index contributed by atoms with van der Waals surface area (Å²) in [7, 11) is 3.26. The zero-order chi connectivity index (χ0) is 15.2. The number of hydrogen-bond acceptors (Lipinski definition) is 4. The third kappa shape index (κ3) is 3.71. The molecule has 2 aromatic rings. The van der Waals surface area contributed by atoms with Crippen LogP contribution < -0.4 is 15.2 Å². The molecule has 0 aliphatic heterocycles. The summed E-state index contributed by atoms with van der Waals surface area (Å²) in [5.74, 6) is 2.48. The molecule has 21 heavy (non-hydrogen) atoms. The number of thioether (sulfide) groups is 1. The van der Waals surface area contributed by atoms with E-state index < -0.39 is 0 Å². The van der Waals surface area contributed by atoms with E-state index in [-0.39, 0.29) is 6.04 Å². The van der Waals surface area contributed by atoms with Crippen molar-refractivity contribution in [3.63, 3.8) is 0 Å². The average Bonchev–Trinajstić information content (AvgIpc) is 2.54. The van der Waals surface area contributed by atoms with Gasteiger partial charge in [-0.2, -0.15) is 0 Å². The van der Waals surface area contributed by atoms with Crippen molar-refractivity contribution >= 4 is 11.8 Å². The Bertz CT molecular complexity index is 584. The van der Waals surface area contributed by atoms with E-state index in [1.165, 1.54) is 4.90 Å². The first-order chi connectivity index (χ1) is 10.2. The first-order valence-corrected chi connectivity index (χ1v) is 7.88. The molecule has 0 aromatic heterocycles. The van der Waals surface area contributed by atoms with Crippen LogP contribution in [0.4, 0.5) is 0 Å². The Labute approximate surface area is 130 Å². The second-order valence-electron chi connectivity index (χ2n) is 4.59. The van der Waals surface area contributed by atoms with Gasteiger partial charge in [0.15, 0.2) is 11.5 Å². The topological polar surface area (TPSA) is 44.5 Å². The lowest BCUT2D eigenvalue weighted by atomic mass is 9.99. The molecule has 0 aliphatic carbocycles. The fourth-order valence-electron chi connectivity index (χ4n) is 2.18. The maximum Gasteiger partial charge on any atom is 0.161 e. The quantitative estimate of drug-likeness (QED) is 0.823. The molecule has 0 fully saturated rings. The SMILES string of the molecule is CCSc1ccc(C(N)c2ccc(OC)c(OC)c2)cc1. The average molecular weight is 303 g/mol. The summed E-state index contributed by atoms with van der Waals surface area (Å²) >= 11 is 1.83. The molecule has 0 aliphatic rings. The molecule has 2 rings (SSSR count). The molecule has 1 atom stereocenters. The highest BCUT2D eigenvalue weighted by Gasteiger charge is 2.12. The molecule has 0 bridgehead atoms. The highest BCUT2D eigenvalue weighted by molar-refractivity contribution is 7.99. The molecule has 0 amide bonds. The molecular weight excluding hydrogens is 282 g/mol. The summed E-state index contributed by atoms with van der Waals surface area (Å²) in [5, 5.41) is 0. The lowest BCUT2D eigenvalue weighted by Gasteiger charge is -2.15. The van der Waals surface area contributed by atoms with Gasteiger partial charge in [0.05, 0.1) is 20.3 Å². The smallest absolute Gasteiger partial charge is 0.161 e. The van der Waals surface area contributed by atoms with Gasteiger partial charge in [-0.15, -0.1) is 11.8 Å². The number of nitrogens with two attached hydrogens (primary N) is 1. The second-order valence-corrected chi connectivity index (χ2v) is 5.93. The van der Waals surface area contributed by atoms with E-state index >= 15 is 0 Å². The number of hydrogen-bond donors (Lipinski definition) is 1. The van der Waals surface area contributed by atoms with Crippen molar-refractivity contribution in [2.45, 2.75) is 17.9 Å². The Morgan fingerprint density at radius 1 is 0.952 bits per heavy atom. The summed E-state index contributed by atoms with van der Waals surface area (Å²) in [6, 6.07) is 14.0. The van der Waals surface area contributed by atoms with Crippen molar-refractivity contribution in [2.24, 2.45) is 5.73 Å². The fraction of sp³-hybridized carbons (Fsp3) is 0.294. The van der Waals surface area contributed by atoms with Crippen molar-refractivity contribution in [3.8, 4) is 11.5 Å². The van der Waals surface area contributed by atoms with Crippen LogP contribution in [0.2, 0.25) is 0 Å². The highest BCUT2D eigenvalue weighted by Crippen LogP contribution is 2.31. The molecule has 0 saturated carbocycles. The predicted molar refractivity (Wildman–Crippen MR) is 88.4 cm³/mol. The fourth-order valence-corrected chi connectivity index (χ4v) is 2.84. The van der Waals surface area contributed by atoms with Crippen LogP contribution in [0.1, 0.15) is 24.1 Å². The molecule has 0 saturated heterocycles. The molecule has 0 heterocycles. The zero-order valence-electron chi connectivity index (χ0n) is 12.6. The first kappa shape index (κ1) is 15.7. The summed E-state index contributed by atoms with van der Waals surface area (Å²) < 4.78 is 10.6. The molecule has 2 aromatic carbocycles. The number of methoxy groups -OCH3 is 2. The lowest BCUT2D eigenvalue weighted by Crippen LogP contribution is -2.12. The van der Waals surface area contributed by atoms with Crippen molar-refractivity contribution in [1.29, 1.82) is 0 Å². The van der Waals surface area contributed by atoms with E-state index in [1.807, 2.05) is 30.0 Å². The summed E-state index contributed by atoms with van der Waals surface area (Å²) in [5.41, 5.74) is 8.44. The Balaban J connectivity index is 2.24. The molecule has 1 unspecified atom stereocenters. The van der Waals surface area contributed by atoms with Crippen LogP contribution in [-0.4, -0.2) is 20.0 Å². The Morgan fingerprint density at radius 2 is 1.57 bits per heavy atom. The van der Waals surface area contributed by atoms with Crippen molar-refractivity contribution < 1.29 is 9.47 Å². The summed E-state index contributed by atoms with van der Waals surface area (Å²) in [4.78, 5) is 1.26. The van der Waals surface area contributed by atoms with Gasteiger partial charge < -0.3 is 15.2 Å². The van der Waals surface area contributed by atoms with Gasteiger partial charge in [0.1, 0.15) is 0 Å². The van der Waals surface area contributed by atoms with Crippen LogP contribution in [0.15, 0.2) is 47.4 Å². The van der Waals surface area contributed by atoms with Crippen LogP contribution in [-0.2, 0) is 0 Å². The lowest BCUT2D eigenvalue weighted by molar-refractivity contribution is 0.354. The van der Waals surface area contributed by atoms with Gasteiger partial charge in [-0.1, -0.05) is 25.1 Å². The van der Waals surface area contributed by atoms with Crippen LogP contribution in [0, 0.1) is 0 Å². The minimum absolute atomic E-state index is 0.175. The van der Waals surface area contributed by atoms with E-state index in [9.17, 15) is 0 Å². The largest absolute Gasteiger partial charge is 0.493 e. The maximum absolute atomic E-state index is 6.35. The number of ether oxygens (including phenoxy) is 2. The molecule has 2 N–H and O–H groups in total. The van der Waals surface area contributed by atoms with Crippen LogP contribution >= 0.6 is 11.8 Å². The standard InChI is InChI=1S/C17H21NO2S/c1-4-21-14-8-5-12(6-9-14)17(18)13-7-10-15(19-2)16(11-13)20-3/h5-11,17H,4,18H2,1-3H3. The molecule has 112 valence electrons. The molecule has 4 heteroatoms. The Morgan fingerprint density at radius 3 is 2.14 bits per heavy atom. The maximum atomic E-state index is 6.35.